The Morgan fingerprint density at radius 2 is 1.73 bits per heavy atom. The van der Waals surface area contributed by atoms with Crippen LogP contribution in [-0.4, -0.2) is 44.0 Å². The Hall–Kier alpha value is -3.75. The van der Waals surface area contributed by atoms with Gasteiger partial charge in [-0.2, -0.15) is 4.57 Å². The number of aromatic nitrogens is 1. The number of hydrogen-bond acceptors (Lipinski definition) is 10. The van der Waals surface area contributed by atoms with Crippen molar-refractivity contribution in [3.05, 3.63) is 83.4 Å². The highest BCUT2D eigenvalue weighted by Gasteiger charge is 2.29. The van der Waals surface area contributed by atoms with Gasteiger partial charge < -0.3 is 23.2 Å². The molecule has 0 N–H and O–H groups in total. The van der Waals surface area contributed by atoms with Gasteiger partial charge in [-0.05, 0) is 48.1 Å². The summed E-state index contributed by atoms with van der Waals surface area (Å²) in [5.41, 5.74) is 3.31. The summed E-state index contributed by atoms with van der Waals surface area (Å²) in [6.45, 7) is 2.58. The number of nitrogens with zero attached hydrogens (tertiary/aromatic N) is 2. The van der Waals surface area contributed by atoms with Crippen LogP contribution in [0, 0.1) is 0 Å². The van der Waals surface area contributed by atoms with Gasteiger partial charge in [-0.25, -0.2) is 16.8 Å². The highest BCUT2D eigenvalue weighted by atomic mass is 32.2. The SMILES string of the molecule is CCC(/C=C1\Oc2ccc3ccccc3c2N1CCCS(=O)(=O)[O-])=C\c1sc2ccc3occc3c2[n+]1CCCS(=O)(=O)[O-]. The van der Waals surface area contributed by atoms with Crippen molar-refractivity contribution >= 4 is 75.3 Å². The van der Waals surface area contributed by atoms with E-state index in [2.05, 4.69) is 0 Å². The van der Waals surface area contributed by atoms with E-state index in [4.69, 9.17) is 9.15 Å². The molecule has 2 aromatic heterocycles. The number of fused-ring (bicyclic) bond motifs is 6. The van der Waals surface area contributed by atoms with Crippen LogP contribution in [0.2, 0.25) is 0 Å². The molecule has 10 nitrogen and oxygen atoms in total. The van der Waals surface area contributed by atoms with Gasteiger partial charge in [0.1, 0.15) is 10.3 Å². The first-order valence-corrected chi connectivity index (χ1v) is 18.1. The van der Waals surface area contributed by atoms with Crippen LogP contribution in [0.3, 0.4) is 0 Å². The van der Waals surface area contributed by atoms with E-state index in [0.29, 0.717) is 30.2 Å². The van der Waals surface area contributed by atoms with Gasteiger partial charge in [0.2, 0.25) is 11.4 Å². The van der Waals surface area contributed by atoms with E-state index in [-0.39, 0.29) is 19.4 Å². The minimum atomic E-state index is -4.38. The van der Waals surface area contributed by atoms with Crippen molar-refractivity contribution in [3.63, 3.8) is 0 Å². The summed E-state index contributed by atoms with van der Waals surface area (Å²) in [5, 5.41) is 3.69. The average molecular weight is 654 g/mol. The fourth-order valence-electron chi connectivity index (χ4n) is 5.54. The maximum atomic E-state index is 11.4. The van der Waals surface area contributed by atoms with Gasteiger partial charge in [0.05, 0.1) is 37.6 Å². The van der Waals surface area contributed by atoms with Crippen molar-refractivity contribution in [2.24, 2.45) is 0 Å². The highest BCUT2D eigenvalue weighted by molar-refractivity contribution is 7.85. The van der Waals surface area contributed by atoms with Gasteiger partial charge in [-0.3, -0.25) is 0 Å². The van der Waals surface area contributed by atoms with Gasteiger partial charge in [0.15, 0.2) is 12.3 Å². The van der Waals surface area contributed by atoms with E-state index >= 15 is 0 Å². The molecule has 0 radical (unpaired) electrons. The lowest BCUT2D eigenvalue weighted by molar-refractivity contribution is -0.667. The van der Waals surface area contributed by atoms with Crippen LogP contribution in [0.15, 0.2) is 82.8 Å². The fraction of sp³-hybridized carbons (Fsp3) is 0.258. The van der Waals surface area contributed by atoms with E-state index in [9.17, 15) is 25.9 Å². The molecule has 0 aliphatic carbocycles. The normalized spacial score (nSPS) is 15.1. The zero-order valence-electron chi connectivity index (χ0n) is 23.8. The Bertz CT molecular complexity index is 2160. The fourth-order valence-corrected chi connectivity index (χ4v) is 7.69. The number of hydrogen-bond donors (Lipinski definition) is 0. The molecule has 1 aliphatic rings. The number of benzene rings is 3. The number of allylic oxidation sites excluding steroid dienone is 2. The molecule has 0 unspecified atom stereocenters. The quantitative estimate of drug-likeness (QED) is 0.133. The topological polar surface area (TPSA) is 144 Å². The van der Waals surface area contributed by atoms with Gasteiger partial charge in [0, 0.05) is 42.0 Å². The maximum Gasteiger partial charge on any atom is 0.263 e. The zero-order chi connectivity index (χ0) is 31.1. The summed E-state index contributed by atoms with van der Waals surface area (Å²) < 4.78 is 83.2. The number of thiazole rings is 1. The monoisotopic (exact) mass is 653 g/mol. The van der Waals surface area contributed by atoms with E-state index in [0.717, 1.165) is 42.6 Å². The second-order valence-electron chi connectivity index (χ2n) is 10.5. The molecule has 3 aromatic carbocycles. The standard InChI is InChI=1S/C31H30N2O8S3/c1-2-21(20-29-33(15-6-18-44(37,38)39)31-24-13-16-40-25(24)11-12-27(31)42-29)19-28-32(14-5-17-43(34,35)36)30-23-8-4-3-7-22(23)9-10-26(30)41-28/h3-4,7-13,16,19-20H,2,5-6,14-15,17-18H2,1H3,(H-,34,35,36,37,38,39)/p-1. The molecule has 1 aliphatic heterocycles. The van der Waals surface area contributed by atoms with Gasteiger partial charge in [-0.1, -0.05) is 48.6 Å². The van der Waals surface area contributed by atoms with Crippen LogP contribution in [0.1, 0.15) is 31.2 Å². The molecule has 0 fully saturated rings. The van der Waals surface area contributed by atoms with Gasteiger partial charge in [-0.15, -0.1) is 0 Å². The third-order valence-corrected chi connectivity index (χ3v) is 10.2. The van der Waals surface area contributed by atoms with Crippen molar-refractivity contribution in [3.8, 4) is 5.75 Å². The maximum absolute atomic E-state index is 11.4. The average Bonchev–Trinajstić information content (AvgIpc) is 3.67. The predicted molar refractivity (Wildman–Crippen MR) is 168 cm³/mol. The second kappa shape index (κ2) is 12.0. The molecule has 6 rings (SSSR count). The van der Waals surface area contributed by atoms with E-state index in [1.54, 1.807) is 17.6 Å². The molecule has 5 aromatic rings. The minimum Gasteiger partial charge on any atom is -0.748 e. The Balaban J connectivity index is 1.43. The van der Waals surface area contributed by atoms with Crippen LogP contribution in [0.5, 0.6) is 5.75 Å². The summed E-state index contributed by atoms with van der Waals surface area (Å²) in [4.78, 5) is 1.92. The first-order chi connectivity index (χ1) is 21.0. The lowest BCUT2D eigenvalue weighted by Gasteiger charge is -2.20. The molecule has 0 bridgehead atoms. The van der Waals surface area contributed by atoms with Crippen molar-refractivity contribution in [1.29, 1.82) is 0 Å². The van der Waals surface area contributed by atoms with Crippen LogP contribution in [-0.2, 0) is 26.8 Å². The van der Waals surface area contributed by atoms with Crippen LogP contribution in [0.25, 0.3) is 38.0 Å². The Morgan fingerprint density at radius 3 is 2.50 bits per heavy atom. The highest BCUT2D eigenvalue weighted by Crippen LogP contribution is 2.44. The van der Waals surface area contributed by atoms with E-state index in [1.807, 2.05) is 83.1 Å². The minimum absolute atomic E-state index is 0.125. The van der Waals surface area contributed by atoms with Crippen molar-refractivity contribution in [2.45, 2.75) is 32.7 Å². The number of ether oxygens (including phenoxy) is 1. The molecular weight excluding hydrogens is 625 g/mol. The molecule has 230 valence electrons. The number of aryl methyl sites for hydroxylation is 1. The van der Waals surface area contributed by atoms with Crippen molar-refractivity contribution < 1.29 is 39.7 Å². The molecule has 44 heavy (non-hydrogen) atoms. The van der Waals surface area contributed by atoms with Crippen LogP contribution >= 0.6 is 11.3 Å². The molecule has 0 amide bonds. The Morgan fingerprint density at radius 1 is 0.955 bits per heavy atom. The van der Waals surface area contributed by atoms with Crippen LogP contribution < -0.4 is 14.2 Å². The summed E-state index contributed by atoms with van der Waals surface area (Å²) in [6.07, 6.45) is 6.43. The smallest absolute Gasteiger partial charge is 0.263 e. The first-order valence-electron chi connectivity index (χ1n) is 14.1. The van der Waals surface area contributed by atoms with Gasteiger partial charge >= 0.3 is 0 Å². The summed E-state index contributed by atoms with van der Waals surface area (Å²) in [7, 11) is -8.75. The van der Waals surface area contributed by atoms with Crippen LogP contribution in [0.4, 0.5) is 5.69 Å². The lowest BCUT2D eigenvalue weighted by atomic mass is 10.1. The van der Waals surface area contributed by atoms with E-state index in [1.165, 1.54) is 0 Å². The van der Waals surface area contributed by atoms with Crippen molar-refractivity contribution in [1.82, 2.24) is 0 Å². The molecule has 0 spiro atoms. The second-order valence-corrected chi connectivity index (χ2v) is 14.6. The summed E-state index contributed by atoms with van der Waals surface area (Å²) in [6, 6.07) is 17.4. The number of rotatable bonds is 11. The number of furan rings is 1. The lowest BCUT2D eigenvalue weighted by Crippen LogP contribution is -2.36. The molecule has 0 saturated carbocycles. The number of anilines is 1. The molecule has 3 heterocycles. The third kappa shape index (κ3) is 6.37. The molecule has 13 heteroatoms. The Labute approximate surface area is 259 Å². The van der Waals surface area contributed by atoms with E-state index < -0.39 is 31.7 Å². The molecule has 0 saturated heterocycles. The summed E-state index contributed by atoms with van der Waals surface area (Å²) in [5.74, 6) is 0.181. The zero-order valence-corrected chi connectivity index (χ0v) is 26.2. The summed E-state index contributed by atoms with van der Waals surface area (Å²) >= 11 is 1.54. The molecular formula is C31H29N2O8S3-. The molecule has 0 atom stereocenters. The third-order valence-electron chi connectivity index (χ3n) is 7.51. The van der Waals surface area contributed by atoms with Gasteiger partial charge in [0.25, 0.3) is 5.01 Å². The predicted octanol–water partition coefficient (Wildman–Crippen LogP) is 5.49. The largest absolute Gasteiger partial charge is 0.748 e. The van der Waals surface area contributed by atoms with Crippen molar-refractivity contribution in [2.75, 3.05) is 23.0 Å². The Kier molecular flexibility index (Phi) is 8.24. The first kappa shape index (κ1) is 30.3.